The number of aromatic nitrogens is 3. The summed E-state index contributed by atoms with van der Waals surface area (Å²) in [5.41, 5.74) is 5.47. The van der Waals surface area contributed by atoms with Crippen molar-refractivity contribution < 1.29 is 0 Å². The van der Waals surface area contributed by atoms with E-state index in [9.17, 15) is 0 Å². The summed E-state index contributed by atoms with van der Waals surface area (Å²) in [5.74, 6) is 2.10. The summed E-state index contributed by atoms with van der Waals surface area (Å²) in [6.45, 7) is 5.90. The van der Waals surface area contributed by atoms with Gasteiger partial charge >= 0.3 is 0 Å². The van der Waals surface area contributed by atoms with Gasteiger partial charge in [-0.05, 0) is 25.6 Å². The molecule has 4 nitrogen and oxygen atoms in total. The zero-order valence-electron chi connectivity index (χ0n) is 8.86. The van der Waals surface area contributed by atoms with Gasteiger partial charge in [0.25, 0.3) is 0 Å². The molecular weight excluding hydrogens is 196 g/mol. The van der Waals surface area contributed by atoms with Crippen molar-refractivity contribution >= 4 is 11.8 Å². The number of hydrogen-bond acceptors (Lipinski definition) is 4. The summed E-state index contributed by atoms with van der Waals surface area (Å²) in [6, 6.07) is 0. The maximum absolute atomic E-state index is 5.47. The van der Waals surface area contributed by atoms with Crippen LogP contribution < -0.4 is 5.73 Å². The van der Waals surface area contributed by atoms with Crippen LogP contribution in [-0.4, -0.2) is 27.1 Å². The Kier molecular flexibility index (Phi) is 4.97. The Morgan fingerprint density at radius 2 is 2.14 bits per heavy atom. The van der Waals surface area contributed by atoms with Crippen LogP contribution in [0.5, 0.6) is 0 Å². The minimum atomic E-state index is 0.715. The summed E-state index contributed by atoms with van der Waals surface area (Å²) in [5, 5.41) is 9.37. The molecule has 1 rings (SSSR count). The van der Waals surface area contributed by atoms with Gasteiger partial charge in [-0.3, -0.25) is 0 Å². The largest absolute Gasteiger partial charge is 0.330 e. The van der Waals surface area contributed by atoms with Crippen LogP contribution in [0.3, 0.4) is 0 Å². The highest BCUT2D eigenvalue weighted by molar-refractivity contribution is 7.99. The molecule has 14 heavy (non-hydrogen) atoms. The van der Waals surface area contributed by atoms with Crippen LogP contribution in [0.15, 0.2) is 5.16 Å². The highest BCUT2D eigenvalue weighted by atomic mass is 32.2. The fraction of sp³-hybridized carbons (Fsp3) is 0.778. The molecule has 0 aliphatic rings. The van der Waals surface area contributed by atoms with Gasteiger partial charge in [0, 0.05) is 13.0 Å². The smallest absolute Gasteiger partial charge is 0.191 e. The Morgan fingerprint density at radius 1 is 1.36 bits per heavy atom. The second-order valence-electron chi connectivity index (χ2n) is 2.97. The van der Waals surface area contributed by atoms with Gasteiger partial charge in [-0.2, -0.15) is 0 Å². The number of nitrogens with two attached hydrogens (primary N) is 1. The molecule has 5 heteroatoms. The van der Waals surface area contributed by atoms with Crippen LogP contribution >= 0.6 is 11.8 Å². The van der Waals surface area contributed by atoms with Crippen molar-refractivity contribution in [2.45, 2.75) is 38.4 Å². The maximum atomic E-state index is 5.47. The lowest BCUT2D eigenvalue weighted by atomic mass is 10.3. The summed E-state index contributed by atoms with van der Waals surface area (Å²) in [6.07, 6.45) is 1.91. The molecule has 0 fully saturated rings. The monoisotopic (exact) mass is 214 g/mol. The normalized spacial score (nSPS) is 10.8. The molecule has 2 N–H and O–H groups in total. The lowest BCUT2D eigenvalue weighted by Crippen LogP contribution is -2.07. The molecule has 0 spiro atoms. The average Bonchev–Trinajstić information content (AvgIpc) is 2.58. The third-order valence-electron chi connectivity index (χ3n) is 1.99. The Bertz CT molecular complexity index is 272. The van der Waals surface area contributed by atoms with E-state index in [1.807, 2.05) is 0 Å². The summed E-state index contributed by atoms with van der Waals surface area (Å²) in [7, 11) is 0. The number of hydrogen-bond donors (Lipinski definition) is 1. The molecule has 0 radical (unpaired) electrons. The van der Waals surface area contributed by atoms with Gasteiger partial charge in [-0.25, -0.2) is 0 Å². The fourth-order valence-corrected chi connectivity index (χ4v) is 2.06. The van der Waals surface area contributed by atoms with Crippen LogP contribution in [0.1, 0.15) is 26.1 Å². The Labute approximate surface area is 89.3 Å². The van der Waals surface area contributed by atoms with Crippen molar-refractivity contribution in [1.82, 2.24) is 14.8 Å². The molecule has 0 saturated heterocycles. The highest BCUT2D eigenvalue weighted by Gasteiger charge is 2.09. The first kappa shape index (κ1) is 11.5. The van der Waals surface area contributed by atoms with Crippen LogP contribution in [0.4, 0.5) is 0 Å². The van der Waals surface area contributed by atoms with E-state index >= 15 is 0 Å². The predicted octanol–water partition coefficient (Wildman–Crippen LogP) is 1.30. The average molecular weight is 214 g/mol. The van der Waals surface area contributed by atoms with E-state index in [-0.39, 0.29) is 0 Å². The van der Waals surface area contributed by atoms with Gasteiger partial charge in [0.05, 0.1) is 0 Å². The molecule has 0 bridgehead atoms. The van der Waals surface area contributed by atoms with Gasteiger partial charge in [0.1, 0.15) is 5.82 Å². The van der Waals surface area contributed by atoms with Crippen LogP contribution in [0.25, 0.3) is 0 Å². The van der Waals surface area contributed by atoms with Gasteiger partial charge < -0.3 is 10.3 Å². The predicted molar refractivity (Wildman–Crippen MR) is 59.5 cm³/mol. The first-order valence-corrected chi connectivity index (χ1v) is 6.07. The third kappa shape index (κ3) is 2.72. The van der Waals surface area contributed by atoms with Crippen molar-refractivity contribution in [3.63, 3.8) is 0 Å². The molecule has 0 aromatic carbocycles. The standard InChI is InChI=1S/C9H18N4S/c1-3-13-8(6-5-7-10)11-12-9(13)14-4-2/h3-7,10H2,1-2H3. The Balaban J connectivity index is 2.73. The summed E-state index contributed by atoms with van der Waals surface area (Å²) in [4.78, 5) is 0. The molecule has 0 atom stereocenters. The lowest BCUT2D eigenvalue weighted by Gasteiger charge is -2.05. The molecule has 1 heterocycles. The zero-order valence-corrected chi connectivity index (χ0v) is 9.68. The van der Waals surface area contributed by atoms with Gasteiger partial charge in [0.15, 0.2) is 5.16 Å². The number of nitrogens with zero attached hydrogens (tertiary/aromatic N) is 3. The molecule has 1 aromatic rings. The van der Waals surface area contributed by atoms with Crippen LogP contribution in [0, 0.1) is 0 Å². The molecule has 0 amide bonds. The highest BCUT2D eigenvalue weighted by Crippen LogP contribution is 2.16. The number of rotatable bonds is 6. The van der Waals surface area contributed by atoms with Gasteiger partial charge in [-0.15, -0.1) is 10.2 Å². The SMILES string of the molecule is CCSc1nnc(CCCN)n1CC. The van der Waals surface area contributed by atoms with E-state index in [4.69, 9.17) is 5.73 Å². The first-order valence-electron chi connectivity index (χ1n) is 5.08. The van der Waals surface area contributed by atoms with Crippen molar-refractivity contribution in [1.29, 1.82) is 0 Å². The van der Waals surface area contributed by atoms with Gasteiger partial charge in [-0.1, -0.05) is 18.7 Å². The van der Waals surface area contributed by atoms with Crippen molar-refractivity contribution in [3.05, 3.63) is 5.82 Å². The molecule has 0 aliphatic heterocycles. The van der Waals surface area contributed by atoms with Crippen LogP contribution in [-0.2, 0) is 13.0 Å². The molecule has 80 valence electrons. The van der Waals surface area contributed by atoms with Crippen LogP contribution in [0.2, 0.25) is 0 Å². The second kappa shape index (κ2) is 6.03. The lowest BCUT2D eigenvalue weighted by molar-refractivity contribution is 0.628. The fourth-order valence-electron chi connectivity index (χ4n) is 1.32. The minimum Gasteiger partial charge on any atom is -0.330 e. The van der Waals surface area contributed by atoms with E-state index < -0.39 is 0 Å². The molecule has 0 saturated carbocycles. The zero-order chi connectivity index (χ0) is 10.4. The van der Waals surface area contributed by atoms with E-state index in [2.05, 4.69) is 28.6 Å². The summed E-state index contributed by atoms with van der Waals surface area (Å²) >= 11 is 1.74. The van der Waals surface area contributed by atoms with E-state index in [1.54, 1.807) is 11.8 Å². The number of aryl methyl sites for hydroxylation is 1. The molecular formula is C9H18N4S. The minimum absolute atomic E-state index is 0.715. The number of thioether (sulfide) groups is 1. The topological polar surface area (TPSA) is 56.7 Å². The first-order chi connectivity index (χ1) is 6.83. The van der Waals surface area contributed by atoms with Crippen molar-refractivity contribution in [2.75, 3.05) is 12.3 Å². The van der Waals surface area contributed by atoms with E-state index in [1.165, 1.54) is 0 Å². The quantitative estimate of drug-likeness (QED) is 0.725. The third-order valence-corrected chi connectivity index (χ3v) is 2.84. The molecule has 0 aliphatic carbocycles. The molecule has 0 unspecified atom stereocenters. The summed E-state index contributed by atoms with van der Waals surface area (Å²) < 4.78 is 2.17. The van der Waals surface area contributed by atoms with E-state index in [0.29, 0.717) is 6.54 Å². The Morgan fingerprint density at radius 3 is 2.71 bits per heavy atom. The van der Waals surface area contributed by atoms with Crippen molar-refractivity contribution in [3.8, 4) is 0 Å². The van der Waals surface area contributed by atoms with E-state index in [0.717, 1.165) is 36.1 Å². The second-order valence-corrected chi connectivity index (χ2v) is 4.20. The maximum Gasteiger partial charge on any atom is 0.191 e. The molecule has 1 aromatic heterocycles. The Hall–Kier alpha value is -0.550. The van der Waals surface area contributed by atoms with Crippen molar-refractivity contribution in [2.24, 2.45) is 5.73 Å². The van der Waals surface area contributed by atoms with Gasteiger partial charge in [0.2, 0.25) is 0 Å².